The normalized spacial score (nSPS) is 12.2. The maximum Gasteiger partial charge on any atom is 0.244 e. The Hall–Kier alpha value is -3.21. The molecular formula is C20H18FN3O. The van der Waals surface area contributed by atoms with Gasteiger partial charge in [-0.05, 0) is 42.8 Å². The van der Waals surface area contributed by atoms with Gasteiger partial charge in [-0.3, -0.25) is 4.79 Å². The maximum atomic E-state index is 13.6. The summed E-state index contributed by atoms with van der Waals surface area (Å²) in [6, 6.07) is 15.8. The molecule has 1 atom stereocenters. The Kier molecular flexibility index (Phi) is 5.04. The fourth-order valence-electron chi connectivity index (χ4n) is 2.48. The van der Waals surface area contributed by atoms with Crippen LogP contribution < -0.4 is 5.32 Å². The summed E-state index contributed by atoms with van der Waals surface area (Å²) in [4.78, 5) is 12.1. The summed E-state index contributed by atoms with van der Waals surface area (Å²) in [6.07, 6.45) is 6.38. The summed E-state index contributed by atoms with van der Waals surface area (Å²) in [7, 11) is 0. The van der Waals surface area contributed by atoms with Crippen molar-refractivity contribution in [1.82, 2.24) is 15.1 Å². The molecule has 0 saturated heterocycles. The average molecular weight is 335 g/mol. The van der Waals surface area contributed by atoms with Crippen molar-refractivity contribution in [3.63, 3.8) is 0 Å². The third-order valence-electron chi connectivity index (χ3n) is 3.82. The average Bonchev–Trinajstić information content (AvgIpc) is 3.16. The zero-order valence-electron chi connectivity index (χ0n) is 13.8. The van der Waals surface area contributed by atoms with E-state index in [0.29, 0.717) is 5.56 Å². The molecule has 0 aliphatic carbocycles. The molecule has 1 amide bonds. The summed E-state index contributed by atoms with van der Waals surface area (Å²) in [5.41, 5.74) is 2.26. The second kappa shape index (κ2) is 7.57. The molecule has 0 saturated carbocycles. The second-order valence-electron chi connectivity index (χ2n) is 5.63. The van der Waals surface area contributed by atoms with Gasteiger partial charge in [0.2, 0.25) is 5.91 Å². The summed E-state index contributed by atoms with van der Waals surface area (Å²) >= 11 is 0. The predicted molar refractivity (Wildman–Crippen MR) is 95.6 cm³/mol. The molecule has 1 aromatic heterocycles. The molecule has 1 unspecified atom stereocenters. The Morgan fingerprint density at radius 2 is 2.04 bits per heavy atom. The highest BCUT2D eigenvalue weighted by Crippen LogP contribution is 2.16. The highest BCUT2D eigenvalue weighted by Gasteiger charge is 2.09. The van der Waals surface area contributed by atoms with Crippen LogP contribution in [0.25, 0.3) is 11.8 Å². The van der Waals surface area contributed by atoms with Crippen LogP contribution in [0.15, 0.2) is 73.1 Å². The van der Waals surface area contributed by atoms with Crippen molar-refractivity contribution < 1.29 is 9.18 Å². The smallest absolute Gasteiger partial charge is 0.244 e. The van der Waals surface area contributed by atoms with Gasteiger partial charge in [-0.15, -0.1) is 0 Å². The van der Waals surface area contributed by atoms with Gasteiger partial charge in [-0.25, -0.2) is 9.07 Å². The van der Waals surface area contributed by atoms with Gasteiger partial charge < -0.3 is 5.32 Å². The lowest BCUT2D eigenvalue weighted by molar-refractivity contribution is -0.117. The Balaban J connectivity index is 1.68. The number of benzene rings is 2. The lowest BCUT2D eigenvalue weighted by Crippen LogP contribution is -2.24. The van der Waals surface area contributed by atoms with Crippen molar-refractivity contribution in [3.05, 3.63) is 90.0 Å². The van der Waals surface area contributed by atoms with Crippen molar-refractivity contribution in [1.29, 1.82) is 0 Å². The van der Waals surface area contributed by atoms with Crippen molar-refractivity contribution in [2.24, 2.45) is 0 Å². The van der Waals surface area contributed by atoms with Crippen LogP contribution >= 0.6 is 0 Å². The van der Waals surface area contributed by atoms with Crippen molar-refractivity contribution in [2.75, 3.05) is 0 Å². The van der Waals surface area contributed by atoms with Gasteiger partial charge in [0.05, 0.1) is 11.7 Å². The highest BCUT2D eigenvalue weighted by molar-refractivity contribution is 5.92. The first-order valence-corrected chi connectivity index (χ1v) is 7.96. The molecule has 2 aromatic carbocycles. The first-order chi connectivity index (χ1) is 12.1. The fourth-order valence-corrected chi connectivity index (χ4v) is 2.48. The zero-order chi connectivity index (χ0) is 17.6. The summed E-state index contributed by atoms with van der Waals surface area (Å²) in [6.45, 7) is 1.90. The molecule has 0 aliphatic heterocycles. The summed E-state index contributed by atoms with van der Waals surface area (Å²) in [5, 5.41) is 7.08. The largest absolute Gasteiger partial charge is 0.346 e. The van der Waals surface area contributed by atoms with E-state index in [9.17, 15) is 9.18 Å². The Labute approximate surface area is 145 Å². The van der Waals surface area contributed by atoms with E-state index in [4.69, 9.17) is 0 Å². The third-order valence-corrected chi connectivity index (χ3v) is 3.82. The van der Waals surface area contributed by atoms with E-state index in [-0.39, 0.29) is 17.8 Å². The molecule has 0 fully saturated rings. The maximum absolute atomic E-state index is 13.6. The van der Waals surface area contributed by atoms with Gasteiger partial charge >= 0.3 is 0 Å². The Morgan fingerprint density at radius 3 is 2.80 bits per heavy atom. The minimum Gasteiger partial charge on any atom is -0.346 e. The SMILES string of the molecule is CC(NC(=O)/C=C/c1ccccc1F)c1cccc(-n2cccn2)c1. The molecule has 3 rings (SSSR count). The number of carbonyl (C=O) groups is 1. The number of aromatic nitrogens is 2. The molecule has 4 nitrogen and oxygen atoms in total. The van der Waals surface area contributed by atoms with Crippen LogP contribution in [0.2, 0.25) is 0 Å². The number of rotatable bonds is 5. The predicted octanol–water partition coefficient (Wildman–Crippen LogP) is 3.90. The van der Waals surface area contributed by atoms with E-state index in [2.05, 4.69) is 10.4 Å². The van der Waals surface area contributed by atoms with Crippen LogP contribution in [0.1, 0.15) is 24.1 Å². The first kappa shape index (κ1) is 16.6. The van der Waals surface area contributed by atoms with Crippen LogP contribution in [0, 0.1) is 5.82 Å². The number of hydrogen-bond acceptors (Lipinski definition) is 2. The molecule has 0 aliphatic rings. The Morgan fingerprint density at radius 1 is 1.20 bits per heavy atom. The summed E-state index contributed by atoms with van der Waals surface area (Å²) in [5.74, 6) is -0.633. The van der Waals surface area contributed by atoms with Crippen LogP contribution in [0.5, 0.6) is 0 Å². The van der Waals surface area contributed by atoms with Crippen molar-refractivity contribution in [3.8, 4) is 5.69 Å². The number of nitrogens with zero attached hydrogens (tertiary/aromatic N) is 2. The number of carbonyl (C=O) groups excluding carboxylic acids is 1. The zero-order valence-corrected chi connectivity index (χ0v) is 13.8. The molecule has 0 radical (unpaired) electrons. The van der Waals surface area contributed by atoms with Crippen LogP contribution in [-0.2, 0) is 4.79 Å². The number of halogens is 1. The van der Waals surface area contributed by atoms with Gasteiger partial charge in [-0.1, -0.05) is 30.3 Å². The lowest BCUT2D eigenvalue weighted by atomic mass is 10.1. The number of hydrogen-bond donors (Lipinski definition) is 1. The molecule has 5 heteroatoms. The van der Waals surface area contributed by atoms with Crippen LogP contribution in [0.4, 0.5) is 4.39 Å². The minimum absolute atomic E-state index is 0.187. The first-order valence-electron chi connectivity index (χ1n) is 7.96. The Bertz CT molecular complexity index is 887. The molecule has 1 N–H and O–H groups in total. The number of nitrogens with one attached hydrogen (secondary N) is 1. The van der Waals surface area contributed by atoms with E-state index < -0.39 is 0 Å². The van der Waals surface area contributed by atoms with Crippen molar-refractivity contribution in [2.45, 2.75) is 13.0 Å². The second-order valence-corrected chi connectivity index (χ2v) is 5.63. The molecule has 0 spiro atoms. The molecule has 25 heavy (non-hydrogen) atoms. The minimum atomic E-state index is -0.355. The van der Waals surface area contributed by atoms with Crippen molar-refractivity contribution >= 4 is 12.0 Å². The van der Waals surface area contributed by atoms with Gasteiger partial charge in [0.15, 0.2) is 0 Å². The fraction of sp³-hybridized carbons (Fsp3) is 0.100. The molecular weight excluding hydrogens is 317 g/mol. The van der Waals surface area contributed by atoms with Crippen LogP contribution in [0.3, 0.4) is 0 Å². The van der Waals surface area contributed by atoms with E-state index in [1.54, 1.807) is 29.1 Å². The van der Waals surface area contributed by atoms with E-state index in [0.717, 1.165) is 11.3 Å². The van der Waals surface area contributed by atoms with E-state index >= 15 is 0 Å². The van der Waals surface area contributed by atoms with Gasteiger partial charge in [0, 0.05) is 24.0 Å². The van der Waals surface area contributed by atoms with Gasteiger partial charge in [0.1, 0.15) is 5.82 Å². The van der Waals surface area contributed by atoms with E-state index in [1.807, 2.05) is 43.5 Å². The number of amides is 1. The van der Waals surface area contributed by atoms with E-state index in [1.165, 1.54) is 18.2 Å². The van der Waals surface area contributed by atoms with Crippen LogP contribution in [-0.4, -0.2) is 15.7 Å². The topological polar surface area (TPSA) is 46.9 Å². The molecule has 126 valence electrons. The third kappa shape index (κ3) is 4.20. The van der Waals surface area contributed by atoms with Gasteiger partial charge in [0.25, 0.3) is 0 Å². The molecule has 1 heterocycles. The summed E-state index contributed by atoms with van der Waals surface area (Å²) < 4.78 is 15.3. The van der Waals surface area contributed by atoms with Gasteiger partial charge in [-0.2, -0.15) is 5.10 Å². The lowest BCUT2D eigenvalue weighted by Gasteiger charge is -2.14. The standard InChI is InChI=1S/C20H18FN3O/c1-15(17-7-4-8-18(14-17)24-13-5-12-22-24)23-20(25)11-10-16-6-2-3-9-19(16)21/h2-15H,1H3,(H,23,25)/b11-10+. The molecule has 0 bridgehead atoms. The highest BCUT2D eigenvalue weighted by atomic mass is 19.1. The monoisotopic (exact) mass is 335 g/mol. The molecule has 3 aromatic rings. The quantitative estimate of drug-likeness (QED) is 0.719.